The molecule has 2 nitrogen and oxygen atoms in total. The molecular weight excluding hydrogens is 492 g/mol. The molecule has 6 aromatic carbocycles. The minimum Gasteiger partial charge on any atom is -0.252 e. The van der Waals surface area contributed by atoms with Crippen LogP contribution < -0.4 is 0 Å². The molecule has 0 N–H and O–H groups in total. The van der Waals surface area contributed by atoms with Crippen molar-refractivity contribution in [3.8, 4) is 22.4 Å². The van der Waals surface area contributed by atoms with Crippen LogP contribution >= 0.6 is 11.3 Å². The minimum atomic E-state index is 0.891. The molecule has 2 aromatic heterocycles. The number of nitrogens with zero attached hydrogens (tertiary/aromatic N) is 2. The maximum Gasteiger partial charge on any atom is 0.0979 e. The highest BCUT2D eigenvalue weighted by Gasteiger charge is 2.14. The van der Waals surface area contributed by atoms with Gasteiger partial charge in [0.1, 0.15) is 0 Å². The molecule has 0 amide bonds. The fourth-order valence-corrected chi connectivity index (χ4v) is 7.12. The number of rotatable bonds is 2. The zero-order chi connectivity index (χ0) is 26.1. The van der Waals surface area contributed by atoms with Gasteiger partial charge in [-0.05, 0) is 41.8 Å². The molecule has 0 aliphatic rings. The van der Waals surface area contributed by atoms with Gasteiger partial charge in [0.15, 0.2) is 0 Å². The van der Waals surface area contributed by atoms with Crippen LogP contribution in [0.3, 0.4) is 0 Å². The van der Waals surface area contributed by atoms with Crippen LogP contribution in [-0.2, 0) is 0 Å². The van der Waals surface area contributed by atoms with Gasteiger partial charge in [0.05, 0.1) is 22.9 Å². The molecule has 184 valence electrons. The summed E-state index contributed by atoms with van der Waals surface area (Å²) in [7, 11) is 0. The van der Waals surface area contributed by atoms with Gasteiger partial charge in [0.25, 0.3) is 0 Å². The molecule has 0 saturated heterocycles. The summed E-state index contributed by atoms with van der Waals surface area (Å²) in [5, 5.41) is 7.42. The lowest BCUT2D eigenvalue weighted by Gasteiger charge is -2.12. The van der Waals surface area contributed by atoms with Crippen LogP contribution in [0.2, 0.25) is 0 Å². The third-order valence-electron chi connectivity index (χ3n) is 7.82. The van der Waals surface area contributed by atoms with E-state index in [1.165, 1.54) is 53.2 Å². The Kier molecular flexibility index (Phi) is 4.85. The van der Waals surface area contributed by atoms with Crippen LogP contribution in [0.25, 0.3) is 75.1 Å². The molecule has 0 spiro atoms. The number of aromatic nitrogens is 2. The van der Waals surface area contributed by atoms with Crippen molar-refractivity contribution in [3.63, 3.8) is 0 Å². The summed E-state index contributed by atoms with van der Waals surface area (Å²) < 4.78 is 2.66. The van der Waals surface area contributed by atoms with Crippen molar-refractivity contribution in [2.24, 2.45) is 0 Å². The van der Waals surface area contributed by atoms with Crippen molar-refractivity contribution in [3.05, 3.63) is 120 Å². The van der Waals surface area contributed by atoms with Crippen molar-refractivity contribution in [1.29, 1.82) is 0 Å². The first kappa shape index (κ1) is 22.4. The summed E-state index contributed by atoms with van der Waals surface area (Å²) in [6.45, 7) is 4.29. The smallest absolute Gasteiger partial charge is 0.0979 e. The second kappa shape index (κ2) is 8.45. The molecule has 0 bridgehead atoms. The summed E-state index contributed by atoms with van der Waals surface area (Å²) in [5.74, 6) is 0. The first-order chi connectivity index (χ1) is 19.1. The molecule has 39 heavy (non-hydrogen) atoms. The van der Waals surface area contributed by atoms with E-state index in [0.717, 1.165) is 33.1 Å². The van der Waals surface area contributed by atoms with Crippen LogP contribution in [0, 0.1) is 13.8 Å². The first-order valence-corrected chi connectivity index (χ1v) is 14.1. The molecule has 0 aliphatic heterocycles. The summed E-state index contributed by atoms with van der Waals surface area (Å²) in [6.07, 6.45) is 1.92. The Balaban J connectivity index is 1.28. The second-order valence-corrected chi connectivity index (χ2v) is 11.5. The molecule has 0 atom stereocenters. The van der Waals surface area contributed by atoms with Crippen molar-refractivity contribution in [1.82, 2.24) is 9.97 Å². The van der Waals surface area contributed by atoms with Crippen molar-refractivity contribution >= 4 is 64.1 Å². The lowest BCUT2D eigenvalue weighted by atomic mass is 9.96. The zero-order valence-electron chi connectivity index (χ0n) is 21.7. The van der Waals surface area contributed by atoms with Gasteiger partial charge in [-0.15, -0.1) is 11.3 Å². The third-order valence-corrected chi connectivity index (χ3v) is 9.04. The Bertz CT molecular complexity index is 2240. The van der Waals surface area contributed by atoms with Gasteiger partial charge < -0.3 is 0 Å². The average Bonchev–Trinajstić information content (AvgIpc) is 3.36. The number of hydrogen-bond donors (Lipinski definition) is 0. The maximum absolute atomic E-state index is 5.20. The van der Waals surface area contributed by atoms with E-state index in [2.05, 4.69) is 117 Å². The molecule has 0 radical (unpaired) electrons. The van der Waals surface area contributed by atoms with E-state index in [9.17, 15) is 0 Å². The summed E-state index contributed by atoms with van der Waals surface area (Å²) >= 11 is 1.87. The van der Waals surface area contributed by atoms with Crippen molar-refractivity contribution in [2.75, 3.05) is 0 Å². The van der Waals surface area contributed by atoms with E-state index >= 15 is 0 Å². The number of aryl methyl sites for hydroxylation is 2. The SMILES string of the molecule is Cc1ccc2c(c1)c1cc(C)ccc1c1nc(-c3ccc(-c4cccc5c4sc4ccccc45)cc3)cnc21. The van der Waals surface area contributed by atoms with Gasteiger partial charge in [-0.25, -0.2) is 4.98 Å². The van der Waals surface area contributed by atoms with Gasteiger partial charge in [-0.3, -0.25) is 4.98 Å². The molecule has 0 saturated carbocycles. The number of hydrogen-bond acceptors (Lipinski definition) is 3. The fourth-order valence-electron chi connectivity index (χ4n) is 5.88. The van der Waals surface area contributed by atoms with Crippen LogP contribution in [0.4, 0.5) is 0 Å². The monoisotopic (exact) mass is 516 g/mol. The van der Waals surface area contributed by atoms with Crippen LogP contribution in [0.5, 0.6) is 0 Å². The molecule has 0 fully saturated rings. The van der Waals surface area contributed by atoms with Crippen molar-refractivity contribution < 1.29 is 0 Å². The lowest BCUT2D eigenvalue weighted by Crippen LogP contribution is -1.93. The normalized spacial score (nSPS) is 11.8. The first-order valence-electron chi connectivity index (χ1n) is 13.2. The highest BCUT2D eigenvalue weighted by molar-refractivity contribution is 7.26. The molecule has 3 heteroatoms. The van der Waals surface area contributed by atoms with E-state index in [-0.39, 0.29) is 0 Å². The van der Waals surface area contributed by atoms with Gasteiger partial charge in [0.2, 0.25) is 0 Å². The largest absolute Gasteiger partial charge is 0.252 e. The Morgan fingerprint density at radius 3 is 1.97 bits per heavy atom. The highest BCUT2D eigenvalue weighted by atomic mass is 32.1. The molecule has 0 aliphatic carbocycles. The highest BCUT2D eigenvalue weighted by Crippen LogP contribution is 2.40. The topological polar surface area (TPSA) is 25.8 Å². The summed E-state index contributed by atoms with van der Waals surface area (Å²) in [4.78, 5) is 10.2. The Morgan fingerprint density at radius 1 is 0.538 bits per heavy atom. The van der Waals surface area contributed by atoms with E-state index in [4.69, 9.17) is 9.97 Å². The van der Waals surface area contributed by atoms with Crippen molar-refractivity contribution in [2.45, 2.75) is 13.8 Å². The van der Waals surface area contributed by atoms with E-state index < -0.39 is 0 Å². The average molecular weight is 517 g/mol. The number of fused-ring (bicyclic) bond motifs is 9. The molecule has 8 rings (SSSR count). The third kappa shape index (κ3) is 3.47. The zero-order valence-corrected chi connectivity index (χ0v) is 22.5. The van der Waals surface area contributed by atoms with Crippen LogP contribution in [-0.4, -0.2) is 9.97 Å². The number of thiophene rings is 1. The molecular formula is C36H24N2S. The number of benzene rings is 6. The van der Waals surface area contributed by atoms with Gasteiger partial charge in [-0.1, -0.05) is 108 Å². The standard InChI is InChI=1S/C36H24N2S/c1-21-10-16-27-30(18-21)31-19-22(2)11-17-28(31)35-34(27)37-20-32(38-35)24-14-12-23(13-15-24)25-7-5-8-29-26-6-3-4-9-33(26)39-36(25)29/h3-20H,1-2H3. The fraction of sp³-hybridized carbons (Fsp3) is 0.0556. The van der Waals surface area contributed by atoms with Crippen LogP contribution in [0.15, 0.2) is 109 Å². The quantitative estimate of drug-likeness (QED) is 0.214. The van der Waals surface area contributed by atoms with Crippen LogP contribution in [0.1, 0.15) is 11.1 Å². The molecule has 0 unspecified atom stereocenters. The Hall–Kier alpha value is -4.60. The molecule has 2 heterocycles. The Labute approximate surface area is 230 Å². The minimum absolute atomic E-state index is 0.891. The van der Waals surface area contributed by atoms with E-state index in [1.54, 1.807) is 0 Å². The Morgan fingerprint density at radius 2 is 1.21 bits per heavy atom. The second-order valence-electron chi connectivity index (χ2n) is 10.4. The maximum atomic E-state index is 5.20. The lowest BCUT2D eigenvalue weighted by molar-refractivity contribution is 1.31. The van der Waals surface area contributed by atoms with E-state index in [0.29, 0.717) is 0 Å². The van der Waals surface area contributed by atoms with Gasteiger partial charge in [0, 0.05) is 36.5 Å². The molecule has 8 aromatic rings. The van der Waals surface area contributed by atoms with Gasteiger partial charge >= 0.3 is 0 Å². The predicted molar refractivity (Wildman–Crippen MR) is 168 cm³/mol. The summed E-state index contributed by atoms with van der Waals surface area (Å²) in [5.41, 5.74) is 8.86. The summed E-state index contributed by atoms with van der Waals surface area (Å²) in [6, 6.07) is 37.3. The predicted octanol–water partition coefficient (Wildman–Crippen LogP) is 10.3. The van der Waals surface area contributed by atoms with Gasteiger partial charge in [-0.2, -0.15) is 0 Å². The van der Waals surface area contributed by atoms with E-state index in [1.807, 2.05) is 17.5 Å².